The largest absolute Gasteiger partial charge is 0.507 e. The highest BCUT2D eigenvalue weighted by atomic mass is 35.5. The number of phenolic OH excluding ortho intramolecular Hbond substituents is 1. The number of carbonyl (C=O) groups excluding carboxylic acids is 2. The molecule has 0 spiro atoms. The van der Waals surface area contributed by atoms with E-state index in [9.17, 15) is 14.7 Å². The van der Waals surface area contributed by atoms with E-state index in [2.05, 4.69) is 10.9 Å². The van der Waals surface area contributed by atoms with Gasteiger partial charge in [0.2, 0.25) is 5.91 Å². The average Bonchev–Trinajstić information content (AvgIpc) is 2.58. The highest BCUT2D eigenvalue weighted by Gasteiger charge is 2.11. The van der Waals surface area contributed by atoms with Crippen LogP contribution in [0.3, 0.4) is 0 Å². The minimum atomic E-state index is -0.601. The molecule has 25 heavy (non-hydrogen) atoms. The quantitative estimate of drug-likeness (QED) is 0.528. The SMILES string of the molecule is O=C(CCCOc1ccc(Cl)cc1Cl)NNC(=O)c1ccccc1O. The van der Waals surface area contributed by atoms with Crippen LogP contribution in [0.1, 0.15) is 23.2 Å². The fourth-order valence-corrected chi connectivity index (χ4v) is 2.39. The van der Waals surface area contributed by atoms with Crippen molar-refractivity contribution in [3.05, 3.63) is 58.1 Å². The molecular formula is C17H16Cl2N2O4. The lowest BCUT2D eigenvalue weighted by molar-refractivity contribution is -0.122. The van der Waals surface area contributed by atoms with Crippen LogP contribution in [0.5, 0.6) is 11.5 Å². The molecule has 2 aromatic rings. The number of ether oxygens (including phenoxy) is 1. The maximum absolute atomic E-state index is 11.8. The topological polar surface area (TPSA) is 87.7 Å². The van der Waals surface area contributed by atoms with Gasteiger partial charge in [-0.15, -0.1) is 0 Å². The zero-order chi connectivity index (χ0) is 18.2. The molecule has 0 aliphatic carbocycles. The fourth-order valence-electron chi connectivity index (χ4n) is 1.93. The molecule has 2 aromatic carbocycles. The van der Waals surface area contributed by atoms with Gasteiger partial charge in [-0.3, -0.25) is 20.4 Å². The Morgan fingerprint density at radius 1 is 1.08 bits per heavy atom. The first kappa shape index (κ1) is 18.9. The second-order valence-electron chi connectivity index (χ2n) is 5.05. The van der Waals surface area contributed by atoms with Crippen LogP contribution < -0.4 is 15.6 Å². The lowest BCUT2D eigenvalue weighted by atomic mass is 10.2. The number of hydrogen-bond acceptors (Lipinski definition) is 4. The molecule has 0 heterocycles. The van der Waals surface area contributed by atoms with Crippen LogP contribution in [0, 0.1) is 0 Å². The summed E-state index contributed by atoms with van der Waals surface area (Å²) in [6.45, 7) is 0.280. The Balaban J connectivity index is 1.69. The van der Waals surface area contributed by atoms with Gasteiger partial charge < -0.3 is 9.84 Å². The van der Waals surface area contributed by atoms with Crippen molar-refractivity contribution in [2.75, 3.05) is 6.61 Å². The second-order valence-corrected chi connectivity index (χ2v) is 5.89. The summed E-state index contributed by atoms with van der Waals surface area (Å²) in [6.07, 6.45) is 0.573. The van der Waals surface area contributed by atoms with Gasteiger partial charge >= 0.3 is 0 Å². The predicted molar refractivity (Wildman–Crippen MR) is 94.9 cm³/mol. The first-order valence-electron chi connectivity index (χ1n) is 7.42. The maximum atomic E-state index is 11.8. The Morgan fingerprint density at radius 2 is 1.84 bits per heavy atom. The van der Waals surface area contributed by atoms with Gasteiger partial charge in [0.05, 0.1) is 17.2 Å². The Hall–Kier alpha value is -2.44. The van der Waals surface area contributed by atoms with Crippen LogP contribution >= 0.6 is 23.2 Å². The molecule has 0 unspecified atom stereocenters. The molecule has 0 saturated carbocycles. The molecule has 2 amide bonds. The van der Waals surface area contributed by atoms with E-state index in [1.807, 2.05) is 0 Å². The number of halogens is 2. The molecule has 6 nitrogen and oxygen atoms in total. The van der Waals surface area contributed by atoms with E-state index >= 15 is 0 Å². The third-order valence-corrected chi connectivity index (χ3v) is 3.69. The van der Waals surface area contributed by atoms with Crippen molar-refractivity contribution >= 4 is 35.0 Å². The number of benzene rings is 2. The summed E-state index contributed by atoms with van der Waals surface area (Å²) in [4.78, 5) is 23.5. The number of para-hydroxylation sites is 1. The van der Waals surface area contributed by atoms with E-state index in [0.29, 0.717) is 22.2 Å². The van der Waals surface area contributed by atoms with Crippen LogP contribution in [0.2, 0.25) is 10.0 Å². The van der Waals surface area contributed by atoms with Gasteiger partial charge in [0.15, 0.2) is 0 Å². The zero-order valence-electron chi connectivity index (χ0n) is 13.1. The molecule has 0 saturated heterocycles. The van der Waals surface area contributed by atoms with Crippen molar-refractivity contribution in [1.29, 1.82) is 0 Å². The van der Waals surface area contributed by atoms with Crippen molar-refractivity contribution < 1.29 is 19.4 Å². The smallest absolute Gasteiger partial charge is 0.273 e. The molecule has 0 bridgehead atoms. The number of nitrogens with one attached hydrogen (secondary N) is 2. The number of aromatic hydroxyl groups is 1. The predicted octanol–water partition coefficient (Wildman–Crippen LogP) is 3.32. The molecule has 0 aliphatic rings. The van der Waals surface area contributed by atoms with E-state index in [1.165, 1.54) is 12.1 Å². The van der Waals surface area contributed by atoms with Crippen LogP contribution in [0.4, 0.5) is 0 Å². The molecule has 0 radical (unpaired) electrons. The average molecular weight is 383 g/mol. The number of hydrogen-bond donors (Lipinski definition) is 3. The maximum Gasteiger partial charge on any atom is 0.273 e. The van der Waals surface area contributed by atoms with Crippen molar-refractivity contribution in [2.45, 2.75) is 12.8 Å². The summed E-state index contributed by atoms with van der Waals surface area (Å²) in [7, 11) is 0. The van der Waals surface area contributed by atoms with Crippen molar-refractivity contribution in [3.63, 3.8) is 0 Å². The second kappa shape index (κ2) is 9.15. The monoisotopic (exact) mass is 382 g/mol. The number of hydrazine groups is 1. The first-order valence-corrected chi connectivity index (χ1v) is 8.18. The van der Waals surface area contributed by atoms with E-state index in [1.54, 1.807) is 30.3 Å². The van der Waals surface area contributed by atoms with E-state index in [-0.39, 0.29) is 30.2 Å². The molecule has 132 valence electrons. The van der Waals surface area contributed by atoms with Gasteiger partial charge in [0.25, 0.3) is 5.91 Å². The van der Waals surface area contributed by atoms with Gasteiger partial charge in [-0.1, -0.05) is 35.3 Å². The van der Waals surface area contributed by atoms with Crippen molar-refractivity contribution in [1.82, 2.24) is 10.9 Å². The summed E-state index contributed by atoms with van der Waals surface area (Å²) in [6, 6.07) is 10.9. The molecule has 0 aliphatic heterocycles. The van der Waals surface area contributed by atoms with Crippen LogP contribution in [0.25, 0.3) is 0 Å². The molecule has 2 rings (SSSR count). The summed E-state index contributed by atoms with van der Waals surface area (Å²) in [5, 5.41) is 10.5. The van der Waals surface area contributed by atoms with Gasteiger partial charge in [-0.2, -0.15) is 0 Å². The van der Waals surface area contributed by atoms with Gasteiger partial charge in [0.1, 0.15) is 11.5 Å². The van der Waals surface area contributed by atoms with Crippen molar-refractivity contribution in [2.24, 2.45) is 0 Å². The number of phenols is 1. The van der Waals surface area contributed by atoms with Crippen LogP contribution in [0.15, 0.2) is 42.5 Å². The summed E-state index contributed by atoms with van der Waals surface area (Å²) < 4.78 is 5.46. The standard InChI is InChI=1S/C17H16Cl2N2O4/c18-11-7-8-15(13(19)10-11)25-9-3-6-16(23)20-21-17(24)12-4-1-2-5-14(12)22/h1-2,4-5,7-8,10,22H,3,6,9H2,(H,20,23)(H,21,24). The van der Waals surface area contributed by atoms with Gasteiger partial charge in [0, 0.05) is 11.4 Å². The van der Waals surface area contributed by atoms with Gasteiger partial charge in [-0.05, 0) is 36.8 Å². The van der Waals surface area contributed by atoms with Crippen LogP contribution in [-0.2, 0) is 4.79 Å². The van der Waals surface area contributed by atoms with E-state index in [0.717, 1.165) is 0 Å². The molecule has 0 atom stereocenters. The minimum absolute atomic E-state index is 0.0727. The first-order chi connectivity index (χ1) is 12.0. The minimum Gasteiger partial charge on any atom is -0.507 e. The molecule has 8 heteroatoms. The van der Waals surface area contributed by atoms with Crippen LogP contribution in [-0.4, -0.2) is 23.5 Å². The third kappa shape index (κ3) is 5.85. The van der Waals surface area contributed by atoms with Gasteiger partial charge in [-0.25, -0.2) is 0 Å². The molecular weight excluding hydrogens is 367 g/mol. The lowest BCUT2D eigenvalue weighted by Gasteiger charge is -2.10. The van der Waals surface area contributed by atoms with E-state index in [4.69, 9.17) is 27.9 Å². The third-order valence-electron chi connectivity index (χ3n) is 3.16. The van der Waals surface area contributed by atoms with Crippen molar-refractivity contribution in [3.8, 4) is 11.5 Å². The molecule has 0 aromatic heterocycles. The summed E-state index contributed by atoms with van der Waals surface area (Å²) >= 11 is 11.8. The number of carbonyl (C=O) groups is 2. The Morgan fingerprint density at radius 3 is 2.56 bits per heavy atom. The normalized spacial score (nSPS) is 10.2. The summed E-state index contributed by atoms with van der Waals surface area (Å²) in [5.74, 6) is -0.660. The highest BCUT2D eigenvalue weighted by molar-refractivity contribution is 6.35. The zero-order valence-corrected chi connectivity index (χ0v) is 14.6. The highest BCUT2D eigenvalue weighted by Crippen LogP contribution is 2.27. The summed E-state index contributed by atoms with van der Waals surface area (Å²) in [5.41, 5.74) is 4.59. The Labute approximate surface area is 154 Å². The molecule has 3 N–H and O–H groups in total. The Kier molecular flexibility index (Phi) is 6.91. The number of amides is 2. The van der Waals surface area contributed by atoms with E-state index < -0.39 is 5.91 Å². The lowest BCUT2D eigenvalue weighted by Crippen LogP contribution is -2.41. The Bertz CT molecular complexity index is 768. The fraction of sp³-hybridized carbons (Fsp3) is 0.176. The number of rotatable bonds is 6. The molecule has 0 fully saturated rings.